The largest absolute Gasteiger partial charge is 0.299 e. The van der Waals surface area contributed by atoms with Gasteiger partial charge < -0.3 is 0 Å². The summed E-state index contributed by atoms with van der Waals surface area (Å²) in [5.41, 5.74) is 2.60. The molecule has 1 atom stereocenters. The van der Waals surface area contributed by atoms with E-state index in [9.17, 15) is 4.79 Å². The minimum atomic E-state index is 0.118. The van der Waals surface area contributed by atoms with Gasteiger partial charge in [0.1, 0.15) is 5.78 Å². The lowest BCUT2D eigenvalue weighted by atomic mass is 9.80. The van der Waals surface area contributed by atoms with E-state index in [1.165, 1.54) is 11.1 Å². The van der Waals surface area contributed by atoms with Gasteiger partial charge in [0, 0.05) is 12.3 Å². The number of Topliss-reactive ketones (excluding diaryl/α,β-unsaturated/α-hetero) is 1. The second-order valence-electron chi connectivity index (χ2n) is 4.10. The van der Waals surface area contributed by atoms with Crippen LogP contribution in [0.25, 0.3) is 0 Å². The molecule has 0 fully saturated rings. The molecule has 78 valence electrons. The molecule has 0 radical (unpaired) electrons. The first-order valence-corrected chi connectivity index (χ1v) is 5.54. The molecule has 0 aromatic heterocycles. The van der Waals surface area contributed by atoms with Gasteiger partial charge in [0.15, 0.2) is 0 Å². The molecule has 1 heteroatoms. The number of fused-ring (bicyclic) bond motifs is 1. The molecule has 0 N–H and O–H groups in total. The zero-order valence-corrected chi connectivity index (χ0v) is 8.91. The zero-order valence-electron chi connectivity index (χ0n) is 8.91. The summed E-state index contributed by atoms with van der Waals surface area (Å²) in [5, 5.41) is 0. The van der Waals surface area contributed by atoms with Gasteiger partial charge in [-0.15, -0.1) is 6.58 Å². The third-order valence-electron chi connectivity index (χ3n) is 3.10. The summed E-state index contributed by atoms with van der Waals surface area (Å²) >= 11 is 0. The number of benzene rings is 1. The van der Waals surface area contributed by atoms with E-state index in [-0.39, 0.29) is 5.92 Å². The first-order valence-electron chi connectivity index (χ1n) is 5.54. The van der Waals surface area contributed by atoms with E-state index < -0.39 is 0 Å². The Morgan fingerprint density at radius 2 is 2.27 bits per heavy atom. The Hall–Kier alpha value is -1.37. The van der Waals surface area contributed by atoms with Gasteiger partial charge in [0.25, 0.3) is 0 Å². The lowest BCUT2D eigenvalue weighted by Gasteiger charge is -2.23. The first-order chi connectivity index (χ1) is 7.33. The highest BCUT2D eigenvalue weighted by atomic mass is 16.1. The third kappa shape index (κ3) is 2.01. The number of rotatable bonds is 3. The number of hydrogen-bond acceptors (Lipinski definition) is 1. The van der Waals surface area contributed by atoms with Crippen molar-refractivity contribution < 1.29 is 4.79 Å². The lowest BCUT2D eigenvalue weighted by molar-refractivity contribution is -0.120. The topological polar surface area (TPSA) is 17.1 Å². The van der Waals surface area contributed by atoms with Crippen LogP contribution in [0.4, 0.5) is 0 Å². The fourth-order valence-electron chi connectivity index (χ4n) is 2.37. The second kappa shape index (κ2) is 4.43. The first kappa shape index (κ1) is 10.2. The number of carbonyl (C=O) groups is 1. The van der Waals surface area contributed by atoms with Crippen molar-refractivity contribution in [1.29, 1.82) is 0 Å². The van der Waals surface area contributed by atoms with Crippen molar-refractivity contribution in [2.24, 2.45) is 0 Å². The molecule has 1 aliphatic rings. The zero-order chi connectivity index (χ0) is 10.7. The van der Waals surface area contributed by atoms with Crippen molar-refractivity contribution in [1.82, 2.24) is 0 Å². The molecular weight excluding hydrogens is 184 g/mol. The maximum Gasteiger partial charge on any atom is 0.144 e. The number of ketones is 1. The van der Waals surface area contributed by atoms with Crippen LogP contribution in [-0.4, -0.2) is 5.78 Å². The van der Waals surface area contributed by atoms with Crippen molar-refractivity contribution in [2.45, 2.75) is 31.6 Å². The van der Waals surface area contributed by atoms with Crippen molar-refractivity contribution >= 4 is 5.78 Å². The molecule has 0 amide bonds. The Morgan fingerprint density at radius 3 is 3.07 bits per heavy atom. The average molecular weight is 200 g/mol. The molecular formula is C14H16O. The van der Waals surface area contributed by atoms with E-state index in [4.69, 9.17) is 0 Å². The maximum atomic E-state index is 11.9. The van der Waals surface area contributed by atoms with Crippen LogP contribution in [0.2, 0.25) is 0 Å². The monoisotopic (exact) mass is 200 g/mol. The smallest absolute Gasteiger partial charge is 0.144 e. The van der Waals surface area contributed by atoms with Crippen LogP contribution in [0.3, 0.4) is 0 Å². The SMILES string of the molecule is C=CCC(=O)[C@@H]1CCCc2ccccc21. The van der Waals surface area contributed by atoms with E-state index in [2.05, 4.69) is 24.8 Å². The molecule has 1 aromatic carbocycles. The van der Waals surface area contributed by atoms with Crippen LogP contribution in [0, 0.1) is 0 Å². The highest BCUT2D eigenvalue weighted by molar-refractivity contribution is 5.87. The molecule has 15 heavy (non-hydrogen) atoms. The maximum absolute atomic E-state index is 11.9. The molecule has 0 bridgehead atoms. The third-order valence-corrected chi connectivity index (χ3v) is 3.10. The summed E-state index contributed by atoms with van der Waals surface area (Å²) in [6.45, 7) is 3.63. The van der Waals surface area contributed by atoms with E-state index in [0.29, 0.717) is 12.2 Å². The van der Waals surface area contributed by atoms with Gasteiger partial charge in [-0.3, -0.25) is 4.79 Å². The number of carbonyl (C=O) groups excluding carboxylic acids is 1. The highest BCUT2D eigenvalue weighted by Crippen LogP contribution is 2.32. The van der Waals surface area contributed by atoms with Crippen LogP contribution >= 0.6 is 0 Å². The number of aryl methyl sites for hydroxylation is 1. The molecule has 0 saturated heterocycles. The summed E-state index contributed by atoms with van der Waals surface area (Å²) in [4.78, 5) is 11.9. The molecule has 0 heterocycles. The standard InChI is InChI=1S/C14H16O/c1-2-6-14(15)13-10-5-8-11-7-3-4-9-12(11)13/h2-4,7,9,13H,1,5-6,8,10H2/t13-/m1/s1. The molecule has 1 aromatic rings. The molecule has 0 unspecified atom stereocenters. The summed E-state index contributed by atoms with van der Waals surface area (Å²) < 4.78 is 0. The Bertz CT molecular complexity index is 379. The van der Waals surface area contributed by atoms with Gasteiger partial charge in [0.2, 0.25) is 0 Å². The molecule has 2 rings (SSSR count). The normalized spacial score (nSPS) is 19.3. The fourth-order valence-corrected chi connectivity index (χ4v) is 2.37. The Labute approximate surface area is 90.8 Å². The van der Waals surface area contributed by atoms with Crippen molar-refractivity contribution in [3.05, 3.63) is 48.0 Å². The molecule has 0 spiro atoms. The molecule has 1 aliphatic carbocycles. The van der Waals surface area contributed by atoms with Crippen molar-refractivity contribution in [3.63, 3.8) is 0 Å². The minimum Gasteiger partial charge on any atom is -0.299 e. The van der Waals surface area contributed by atoms with Gasteiger partial charge in [-0.05, 0) is 30.4 Å². The summed E-state index contributed by atoms with van der Waals surface area (Å²) in [6.07, 6.45) is 5.46. The quantitative estimate of drug-likeness (QED) is 0.684. The van der Waals surface area contributed by atoms with Crippen molar-refractivity contribution in [2.75, 3.05) is 0 Å². The minimum absolute atomic E-state index is 0.118. The molecule has 1 nitrogen and oxygen atoms in total. The second-order valence-corrected chi connectivity index (χ2v) is 4.10. The van der Waals surface area contributed by atoms with Crippen LogP contribution in [-0.2, 0) is 11.2 Å². The van der Waals surface area contributed by atoms with E-state index in [1.54, 1.807) is 6.08 Å². The van der Waals surface area contributed by atoms with Crippen LogP contribution < -0.4 is 0 Å². The molecule has 0 saturated carbocycles. The van der Waals surface area contributed by atoms with Crippen LogP contribution in [0.1, 0.15) is 36.3 Å². The predicted octanol–water partition coefficient (Wildman–Crippen LogP) is 3.25. The van der Waals surface area contributed by atoms with Gasteiger partial charge in [-0.1, -0.05) is 30.3 Å². The predicted molar refractivity (Wildman–Crippen MR) is 61.9 cm³/mol. The Morgan fingerprint density at radius 1 is 1.47 bits per heavy atom. The number of allylic oxidation sites excluding steroid dienone is 1. The average Bonchev–Trinajstić information content (AvgIpc) is 2.28. The Kier molecular flexibility index (Phi) is 3.00. The Balaban J connectivity index is 2.29. The van der Waals surface area contributed by atoms with Gasteiger partial charge in [0.05, 0.1) is 0 Å². The lowest BCUT2D eigenvalue weighted by Crippen LogP contribution is -2.17. The van der Waals surface area contributed by atoms with E-state index in [0.717, 1.165) is 19.3 Å². The number of hydrogen-bond donors (Lipinski definition) is 0. The fraction of sp³-hybridized carbons (Fsp3) is 0.357. The van der Waals surface area contributed by atoms with Crippen molar-refractivity contribution in [3.8, 4) is 0 Å². The highest BCUT2D eigenvalue weighted by Gasteiger charge is 2.24. The van der Waals surface area contributed by atoms with Gasteiger partial charge >= 0.3 is 0 Å². The van der Waals surface area contributed by atoms with E-state index >= 15 is 0 Å². The van der Waals surface area contributed by atoms with Gasteiger partial charge in [-0.25, -0.2) is 0 Å². The van der Waals surface area contributed by atoms with Gasteiger partial charge in [-0.2, -0.15) is 0 Å². The summed E-state index contributed by atoms with van der Waals surface area (Å²) in [5.74, 6) is 0.435. The summed E-state index contributed by atoms with van der Waals surface area (Å²) in [6, 6.07) is 8.32. The van der Waals surface area contributed by atoms with Crippen LogP contribution in [0.15, 0.2) is 36.9 Å². The molecule has 0 aliphatic heterocycles. The van der Waals surface area contributed by atoms with Crippen LogP contribution in [0.5, 0.6) is 0 Å². The van der Waals surface area contributed by atoms with E-state index in [1.807, 2.05) is 6.07 Å². The summed E-state index contributed by atoms with van der Waals surface area (Å²) in [7, 11) is 0.